The Labute approximate surface area is 189 Å². The van der Waals surface area contributed by atoms with Gasteiger partial charge in [-0.05, 0) is 25.1 Å². The maximum Gasteiger partial charge on any atom is 0.416 e. The Bertz CT molecular complexity index is 1250. The number of alkyl halides is 3. The van der Waals surface area contributed by atoms with E-state index in [-0.39, 0.29) is 18.7 Å². The van der Waals surface area contributed by atoms with Crippen molar-refractivity contribution in [2.75, 3.05) is 6.61 Å². The summed E-state index contributed by atoms with van der Waals surface area (Å²) in [7, 11) is 0. The second-order valence-electron chi connectivity index (χ2n) is 7.35. The van der Waals surface area contributed by atoms with E-state index in [4.69, 9.17) is 9.84 Å². The third-order valence-electron chi connectivity index (χ3n) is 5.12. The van der Waals surface area contributed by atoms with Crippen LogP contribution in [0.4, 0.5) is 13.2 Å². The molecule has 0 N–H and O–H groups in total. The highest BCUT2D eigenvalue weighted by atomic mass is 19.4. The number of aromatic nitrogens is 2. The lowest BCUT2D eigenvalue weighted by molar-refractivity contribution is -0.142. The highest BCUT2D eigenvalue weighted by molar-refractivity contribution is 5.83. The molecule has 0 aliphatic rings. The fraction of sp³-hybridized carbons (Fsp3) is 0.154. The van der Waals surface area contributed by atoms with E-state index in [0.29, 0.717) is 17.0 Å². The van der Waals surface area contributed by atoms with E-state index in [1.54, 1.807) is 13.0 Å². The summed E-state index contributed by atoms with van der Waals surface area (Å²) in [6.07, 6.45) is -4.56. The first-order valence-corrected chi connectivity index (χ1v) is 10.4. The average Bonchev–Trinajstić information content (AvgIpc) is 3.19. The smallest absolute Gasteiger partial charge is 0.416 e. The van der Waals surface area contributed by atoms with E-state index in [2.05, 4.69) is 0 Å². The zero-order valence-corrected chi connectivity index (χ0v) is 17.8. The SMILES string of the molecule is CCOC(=O)Cc1c(-c2ccccc2)nn(-c2cccc(C(F)(F)F)c2)c1-c1ccccc1. The van der Waals surface area contributed by atoms with Crippen LogP contribution in [-0.4, -0.2) is 22.4 Å². The van der Waals surface area contributed by atoms with Crippen LogP contribution in [0.3, 0.4) is 0 Å². The molecular formula is C26H21F3N2O2. The quantitative estimate of drug-likeness (QED) is 0.323. The van der Waals surface area contributed by atoms with Crippen molar-refractivity contribution in [3.05, 3.63) is 96.1 Å². The fourth-order valence-corrected chi connectivity index (χ4v) is 3.70. The maximum absolute atomic E-state index is 13.4. The van der Waals surface area contributed by atoms with Crippen LogP contribution in [0, 0.1) is 0 Å². The molecule has 0 radical (unpaired) electrons. The molecule has 0 saturated heterocycles. The lowest BCUT2D eigenvalue weighted by atomic mass is 9.99. The van der Waals surface area contributed by atoms with Gasteiger partial charge in [0.15, 0.2) is 0 Å². The molecule has 0 unspecified atom stereocenters. The number of hydrogen-bond acceptors (Lipinski definition) is 3. The summed E-state index contributed by atoms with van der Waals surface area (Å²) in [5, 5.41) is 4.70. The molecule has 0 aliphatic carbocycles. The van der Waals surface area contributed by atoms with E-state index in [1.165, 1.54) is 10.7 Å². The van der Waals surface area contributed by atoms with Gasteiger partial charge in [0, 0.05) is 16.7 Å². The summed E-state index contributed by atoms with van der Waals surface area (Å²) in [4.78, 5) is 12.5. The minimum atomic E-state index is -4.49. The molecule has 0 atom stereocenters. The summed E-state index contributed by atoms with van der Waals surface area (Å²) in [6, 6.07) is 23.4. The number of rotatable bonds is 6. The third-order valence-corrected chi connectivity index (χ3v) is 5.12. The van der Waals surface area contributed by atoms with E-state index in [1.807, 2.05) is 60.7 Å². The van der Waals surface area contributed by atoms with Crippen molar-refractivity contribution in [3.8, 4) is 28.2 Å². The van der Waals surface area contributed by atoms with Crippen LogP contribution in [-0.2, 0) is 22.1 Å². The number of carbonyl (C=O) groups excluding carboxylic acids is 1. The van der Waals surface area contributed by atoms with Gasteiger partial charge in [-0.2, -0.15) is 18.3 Å². The molecule has 1 heterocycles. The van der Waals surface area contributed by atoms with Crippen molar-refractivity contribution in [1.29, 1.82) is 0 Å². The number of benzene rings is 3. The minimum absolute atomic E-state index is 0.0682. The molecule has 4 nitrogen and oxygen atoms in total. The van der Waals surface area contributed by atoms with Gasteiger partial charge in [-0.3, -0.25) is 4.79 Å². The van der Waals surface area contributed by atoms with Crippen molar-refractivity contribution in [2.45, 2.75) is 19.5 Å². The van der Waals surface area contributed by atoms with Gasteiger partial charge in [0.05, 0.1) is 35.7 Å². The average molecular weight is 450 g/mol. The molecule has 0 spiro atoms. The van der Waals surface area contributed by atoms with Crippen LogP contribution in [0.15, 0.2) is 84.9 Å². The summed E-state index contributed by atoms with van der Waals surface area (Å²) in [5.74, 6) is -0.435. The number of nitrogens with zero attached hydrogens (tertiary/aromatic N) is 2. The lowest BCUT2D eigenvalue weighted by Gasteiger charge is -2.12. The van der Waals surface area contributed by atoms with Crippen molar-refractivity contribution < 1.29 is 22.7 Å². The van der Waals surface area contributed by atoms with Gasteiger partial charge in [0.1, 0.15) is 0 Å². The minimum Gasteiger partial charge on any atom is -0.466 e. The van der Waals surface area contributed by atoms with Crippen molar-refractivity contribution in [2.24, 2.45) is 0 Å². The van der Waals surface area contributed by atoms with Gasteiger partial charge in [0.2, 0.25) is 0 Å². The number of hydrogen-bond donors (Lipinski definition) is 0. The zero-order valence-electron chi connectivity index (χ0n) is 17.8. The largest absolute Gasteiger partial charge is 0.466 e. The first-order valence-electron chi connectivity index (χ1n) is 10.4. The molecule has 168 valence electrons. The van der Waals surface area contributed by atoms with Gasteiger partial charge >= 0.3 is 12.1 Å². The molecule has 0 aliphatic heterocycles. The van der Waals surface area contributed by atoms with Crippen molar-refractivity contribution in [1.82, 2.24) is 9.78 Å². The summed E-state index contributed by atoms with van der Waals surface area (Å²) in [6.45, 7) is 1.95. The van der Waals surface area contributed by atoms with Crippen LogP contribution in [0.1, 0.15) is 18.1 Å². The normalized spacial score (nSPS) is 11.4. The Morgan fingerprint density at radius 3 is 2.15 bits per heavy atom. The van der Waals surface area contributed by atoms with E-state index in [0.717, 1.165) is 23.3 Å². The molecule has 3 aromatic carbocycles. The molecule has 33 heavy (non-hydrogen) atoms. The number of esters is 1. The number of ether oxygens (including phenoxy) is 1. The molecule has 4 aromatic rings. The summed E-state index contributed by atoms with van der Waals surface area (Å²) >= 11 is 0. The number of halogens is 3. The Hall–Kier alpha value is -3.87. The predicted molar refractivity (Wildman–Crippen MR) is 120 cm³/mol. The van der Waals surface area contributed by atoms with Crippen molar-refractivity contribution >= 4 is 5.97 Å². The standard InChI is InChI=1S/C26H21F3N2O2/c1-2-33-23(32)17-22-24(18-10-5-3-6-11-18)30-31(25(22)19-12-7-4-8-13-19)21-15-9-14-20(16-21)26(27,28)29/h3-16H,2,17H2,1H3. The molecule has 4 rings (SSSR count). The van der Waals surface area contributed by atoms with Crippen molar-refractivity contribution in [3.63, 3.8) is 0 Å². The summed E-state index contributed by atoms with van der Waals surface area (Å²) in [5.41, 5.74) is 2.59. The first kappa shape index (κ1) is 22.3. The van der Waals surface area contributed by atoms with E-state index < -0.39 is 17.7 Å². The van der Waals surface area contributed by atoms with Crippen LogP contribution >= 0.6 is 0 Å². The monoisotopic (exact) mass is 450 g/mol. The first-order chi connectivity index (χ1) is 15.9. The van der Waals surface area contributed by atoms with E-state index in [9.17, 15) is 18.0 Å². The van der Waals surface area contributed by atoms with Crippen LogP contribution in [0.25, 0.3) is 28.2 Å². The predicted octanol–water partition coefficient (Wildman–Crippen LogP) is 6.33. The highest BCUT2D eigenvalue weighted by Gasteiger charge is 2.31. The molecule has 0 bridgehead atoms. The fourth-order valence-electron chi connectivity index (χ4n) is 3.70. The number of carbonyl (C=O) groups is 1. The van der Waals surface area contributed by atoms with Crippen LogP contribution < -0.4 is 0 Å². The Morgan fingerprint density at radius 1 is 0.909 bits per heavy atom. The van der Waals surface area contributed by atoms with E-state index >= 15 is 0 Å². The van der Waals surface area contributed by atoms with Crippen LogP contribution in [0.5, 0.6) is 0 Å². The Kier molecular flexibility index (Phi) is 6.31. The molecule has 0 saturated carbocycles. The van der Waals surface area contributed by atoms with Crippen LogP contribution in [0.2, 0.25) is 0 Å². The van der Waals surface area contributed by atoms with Gasteiger partial charge in [-0.1, -0.05) is 66.7 Å². The second kappa shape index (κ2) is 9.32. The summed E-state index contributed by atoms with van der Waals surface area (Å²) < 4.78 is 46.9. The van der Waals surface area contributed by atoms with Gasteiger partial charge in [0.25, 0.3) is 0 Å². The molecule has 7 heteroatoms. The Morgan fingerprint density at radius 2 is 1.55 bits per heavy atom. The Balaban J connectivity index is 2.00. The lowest BCUT2D eigenvalue weighted by Crippen LogP contribution is -2.09. The molecule has 1 aromatic heterocycles. The zero-order chi connectivity index (χ0) is 23.4. The molecular weight excluding hydrogens is 429 g/mol. The van der Waals surface area contributed by atoms with Gasteiger partial charge in [-0.25, -0.2) is 4.68 Å². The molecule has 0 fully saturated rings. The third kappa shape index (κ3) is 4.82. The molecule has 0 amide bonds. The second-order valence-corrected chi connectivity index (χ2v) is 7.35. The maximum atomic E-state index is 13.4. The van der Waals surface area contributed by atoms with Gasteiger partial charge < -0.3 is 4.74 Å². The highest BCUT2D eigenvalue weighted by Crippen LogP contribution is 2.36. The van der Waals surface area contributed by atoms with Gasteiger partial charge in [-0.15, -0.1) is 0 Å². The topological polar surface area (TPSA) is 44.1 Å².